The quantitative estimate of drug-likeness (QED) is 0.0495. The second-order valence-corrected chi connectivity index (χ2v) is 23.5. The lowest BCUT2D eigenvalue weighted by molar-refractivity contribution is -0.130. The van der Waals surface area contributed by atoms with Crippen molar-refractivity contribution in [1.82, 2.24) is 39.9 Å². The Labute approximate surface area is 545 Å². The van der Waals surface area contributed by atoms with Gasteiger partial charge < -0.3 is 10.6 Å². The number of fused-ring (bicyclic) bond motifs is 2. The number of benzene rings is 6. The number of nitrogens with one attached hydrogen (secondary N) is 3. The molecule has 4 heterocycles. The van der Waals surface area contributed by atoms with Gasteiger partial charge in [0.1, 0.15) is 47.7 Å². The maximum Gasteiger partial charge on any atom is 0.228 e. The Bertz CT molecular complexity index is 4440. The van der Waals surface area contributed by atoms with Crippen LogP contribution in [-0.2, 0) is 25.7 Å². The molecule has 2 unspecified atom stereocenters. The van der Waals surface area contributed by atoms with Crippen molar-refractivity contribution in [2.75, 3.05) is 16.0 Å². The molecule has 12 rings (SSSR count). The molecule has 2 fully saturated rings. The van der Waals surface area contributed by atoms with Crippen LogP contribution < -0.4 is 10.6 Å². The summed E-state index contributed by atoms with van der Waals surface area (Å²) in [5.41, 5.74) is 6.75. The molecule has 2 aliphatic rings. The molecule has 6 atom stereocenters. The molecule has 23 heteroatoms. The molecular weight excluding hydrogens is 1290 g/mol. The van der Waals surface area contributed by atoms with E-state index in [0.29, 0.717) is 43.6 Å². The van der Waals surface area contributed by atoms with Crippen molar-refractivity contribution in [2.24, 2.45) is 23.7 Å². The molecule has 2 amide bonds. The molecule has 2 saturated carbocycles. The van der Waals surface area contributed by atoms with Crippen LogP contribution in [0.3, 0.4) is 0 Å². The highest BCUT2D eigenvalue weighted by atomic mass is 79.9. The summed E-state index contributed by atoms with van der Waals surface area (Å²) in [6, 6.07) is 33.9. The van der Waals surface area contributed by atoms with Gasteiger partial charge in [-0.1, -0.05) is 119 Å². The maximum absolute atomic E-state index is 15.5. The van der Waals surface area contributed by atoms with Crippen LogP contribution in [0.1, 0.15) is 79.6 Å². The zero-order chi connectivity index (χ0) is 64.8. The van der Waals surface area contributed by atoms with E-state index in [1.54, 1.807) is 117 Å². The number of aromatic amines is 1. The highest BCUT2D eigenvalue weighted by molar-refractivity contribution is 9.09. The predicted octanol–water partition coefficient (Wildman–Crippen LogP) is 15.6. The topological polar surface area (TPSA) is 225 Å². The third-order valence-electron chi connectivity index (χ3n) is 16.0. The van der Waals surface area contributed by atoms with Gasteiger partial charge in [0.25, 0.3) is 0 Å². The number of carbonyl (C=O) groups is 6. The van der Waals surface area contributed by atoms with Crippen molar-refractivity contribution in [3.05, 3.63) is 191 Å². The van der Waals surface area contributed by atoms with Crippen LogP contribution in [0.15, 0.2) is 146 Å². The van der Waals surface area contributed by atoms with E-state index in [2.05, 4.69) is 61.8 Å². The van der Waals surface area contributed by atoms with Crippen molar-refractivity contribution >= 4 is 107 Å². The van der Waals surface area contributed by atoms with Gasteiger partial charge in [-0.25, -0.2) is 37.5 Å². The van der Waals surface area contributed by atoms with E-state index in [1.807, 2.05) is 31.2 Å². The van der Waals surface area contributed by atoms with Crippen molar-refractivity contribution in [3.63, 3.8) is 0 Å². The van der Waals surface area contributed by atoms with E-state index in [4.69, 9.17) is 23.2 Å². The summed E-state index contributed by atoms with van der Waals surface area (Å²) in [4.78, 5) is 92.4. The number of amides is 2. The van der Waals surface area contributed by atoms with Crippen molar-refractivity contribution in [1.29, 1.82) is 0 Å². The number of ketones is 4. The molecule has 0 aliphatic heterocycles. The number of anilines is 2. The van der Waals surface area contributed by atoms with Gasteiger partial charge in [0.2, 0.25) is 11.8 Å². The second-order valence-electron chi connectivity index (χ2n) is 22.1. The smallest absolute Gasteiger partial charge is 0.228 e. The number of aromatic nitrogens is 8. The third kappa shape index (κ3) is 14.9. The second kappa shape index (κ2) is 29.4. The minimum atomic E-state index is -1.38. The van der Waals surface area contributed by atoms with Gasteiger partial charge in [-0.3, -0.25) is 38.5 Å². The van der Waals surface area contributed by atoms with Crippen molar-refractivity contribution < 1.29 is 46.3 Å². The first-order valence-electron chi connectivity index (χ1n) is 28.8. The fourth-order valence-electron chi connectivity index (χ4n) is 11.4. The fourth-order valence-corrected chi connectivity index (χ4v) is 12.3. The summed E-state index contributed by atoms with van der Waals surface area (Å²) in [5.74, 6) is -5.61. The number of aryl methyl sites for hydroxylation is 2. The highest BCUT2D eigenvalue weighted by Crippen LogP contribution is 2.40. The van der Waals surface area contributed by atoms with Gasteiger partial charge in [-0.05, 0) is 99.2 Å². The van der Waals surface area contributed by atoms with E-state index >= 15 is 4.39 Å². The SMILES string of the molecule is C.CC(=O)c1n[nH]c2ccc(-c3cnc(C)nc3)cc12.CC(=O)c1nn(CC(=O)[C@@H]2C[C@H](F)CC2C(=O)Nc2cccc(-c3ccccc3Cl)c2F)c2ccc(-c3cnc(C)nc3)cc12.O=C(Nc1cccc(-c2ccccc2Cl)c1F)C1C[C@@H](F)C[C@H]1C(=O)CBr. The Hall–Kier alpha value is -9.18. The zero-order valence-corrected chi connectivity index (χ0v) is 52.4. The number of halogens is 7. The summed E-state index contributed by atoms with van der Waals surface area (Å²) in [6.45, 7) is 6.26. The molecule has 0 saturated heterocycles. The van der Waals surface area contributed by atoms with Crippen LogP contribution in [0, 0.1) is 49.2 Å². The Morgan fingerprint density at radius 2 is 0.989 bits per heavy atom. The first-order valence-corrected chi connectivity index (χ1v) is 30.7. The average molecular weight is 1350 g/mol. The third-order valence-corrected chi connectivity index (χ3v) is 17.2. The Morgan fingerprint density at radius 3 is 1.46 bits per heavy atom. The number of carbonyl (C=O) groups excluding carboxylic acids is 6. The minimum absolute atomic E-state index is 0. The molecule has 10 aromatic rings. The Morgan fingerprint density at radius 1 is 0.554 bits per heavy atom. The molecule has 92 heavy (non-hydrogen) atoms. The minimum Gasteiger partial charge on any atom is -0.323 e. The van der Waals surface area contributed by atoms with E-state index in [-0.39, 0.29) is 90.5 Å². The van der Waals surface area contributed by atoms with Crippen LogP contribution in [0.25, 0.3) is 66.3 Å². The summed E-state index contributed by atoms with van der Waals surface area (Å²) in [6.07, 6.45) is 3.98. The molecule has 0 bridgehead atoms. The lowest BCUT2D eigenvalue weighted by Gasteiger charge is -2.19. The predicted molar refractivity (Wildman–Crippen MR) is 351 cm³/mol. The van der Waals surface area contributed by atoms with E-state index in [9.17, 15) is 41.9 Å². The number of nitrogens with zero attached hydrogens (tertiary/aromatic N) is 7. The molecule has 16 nitrogen and oxygen atoms in total. The summed E-state index contributed by atoms with van der Waals surface area (Å²) in [5, 5.41) is 18.6. The molecular formula is C69H61BrCl2F4N10O6. The zero-order valence-electron chi connectivity index (χ0n) is 49.3. The lowest BCUT2D eigenvalue weighted by atomic mass is 9.91. The van der Waals surface area contributed by atoms with Crippen LogP contribution in [0.4, 0.5) is 28.9 Å². The summed E-state index contributed by atoms with van der Waals surface area (Å²) in [7, 11) is 0. The first kappa shape index (κ1) is 67.2. The largest absolute Gasteiger partial charge is 0.323 e. The van der Waals surface area contributed by atoms with Gasteiger partial charge in [0, 0.05) is 105 Å². The molecule has 472 valence electrons. The van der Waals surface area contributed by atoms with Crippen LogP contribution in [0.2, 0.25) is 10.0 Å². The average Bonchev–Trinajstić information content (AvgIpc) is 1.67. The fraction of sp³-hybridized carbons (Fsp3) is 0.246. The first-order chi connectivity index (χ1) is 43.7. The van der Waals surface area contributed by atoms with E-state index in [0.717, 1.165) is 39.0 Å². The Kier molecular flexibility index (Phi) is 21.5. The number of hydrogen-bond donors (Lipinski definition) is 3. The molecule has 0 radical (unpaired) electrons. The van der Waals surface area contributed by atoms with Crippen molar-refractivity contribution in [3.8, 4) is 44.5 Å². The molecule has 6 aromatic carbocycles. The molecule has 0 spiro atoms. The number of rotatable bonds is 15. The normalized spacial score (nSPS) is 17.4. The Balaban J connectivity index is 0.000000180. The summed E-state index contributed by atoms with van der Waals surface area (Å²) < 4.78 is 60.4. The highest BCUT2D eigenvalue weighted by Gasteiger charge is 2.44. The molecule has 2 aliphatic carbocycles. The van der Waals surface area contributed by atoms with Crippen LogP contribution in [-0.4, -0.2) is 92.5 Å². The number of hydrogen-bond acceptors (Lipinski definition) is 12. The van der Waals surface area contributed by atoms with Crippen molar-refractivity contribution in [2.45, 2.75) is 79.7 Å². The van der Waals surface area contributed by atoms with Gasteiger partial charge in [0.05, 0.1) is 39.6 Å². The lowest BCUT2D eigenvalue weighted by Crippen LogP contribution is -2.32. The van der Waals surface area contributed by atoms with Gasteiger partial charge in [-0.2, -0.15) is 10.2 Å². The number of alkyl halides is 3. The van der Waals surface area contributed by atoms with Crippen LogP contribution in [0.5, 0.6) is 0 Å². The van der Waals surface area contributed by atoms with Crippen LogP contribution >= 0.6 is 39.1 Å². The van der Waals surface area contributed by atoms with E-state index in [1.165, 1.54) is 30.7 Å². The van der Waals surface area contributed by atoms with E-state index < -0.39 is 65.2 Å². The standard InChI is InChI=1S/C34H28ClF2N5O3.C20H17BrClF2NO2.C14H12N4O.CH4/c1-18(43)33-27-12-20(21-15-38-19(2)39-16-21)10-11-30(27)42(41-33)17-31(44)25-13-22(36)14-26(25)34(45)40-29-9-5-7-24(32(29)37)23-6-3-4-8-28(23)35;21-10-18(26)14-8-11(23)9-15(14)20(27)25-17-7-3-5-13(19(17)24)12-4-1-2-6-16(12)22;1-8(19)14-12-5-10(3-4-13(12)17-18-14)11-6-15-9(2)16-7-11;/h3-12,15-16,22,25-26H,13-14,17H2,1-2H3,(H,40,45);1-7,11,14-15H,8-10H2,(H,25,27);3-7H,1-2H3,(H,17,18);1H4/t22-,25+,26?;11-,14+,15?;;/m00../s1. The summed E-state index contributed by atoms with van der Waals surface area (Å²) >= 11 is 15.5. The van der Waals surface area contributed by atoms with Gasteiger partial charge in [-0.15, -0.1) is 0 Å². The number of Topliss-reactive ketones (excluding diaryl/α,β-unsaturated/α-hetero) is 4. The van der Waals surface area contributed by atoms with Gasteiger partial charge in [0.15, 0.2) is 29.0 Å². The molecule has 4 aromatic heterocycles. The monoisotopic (exact) mass is 1350 g/mol. The molecule has 3 N–H and O–H groups in total. The van der Waals surface area contributed by atoms with Gasteiger partial charge >= 0.3 is 0 Å². The maximum atomic E-state index is 15.5. The number of H-pyrrole nitrogens is 1.